The molecular weight excluding hydrogens is 263 g/mol. The standard InChI is InChI=1S/C12H18F3NOS/c1-16-11(3-2-10-5-7-18-8-10)4-6-17-9-12(13,14)15/h5,7-8,11,16H,2-4,6,9H2,1H3. The van der Waals surface area contributed by atoms with Gasteiger partial charge >= 0.3 is 6.18 Å². The second-order valence-electron chi connectivity index (χ2n) is 4.11. The Bertz CT molecular complexity index is 314. The second-order valence-corrected chi connectivity index (χ2v) is 4.89. The van der Waals surface area contributed by atoms with E-state index in [9.17, 15) is 13.2 Å². The van der Waals surface area contributed by atoms with Crippen molar-refractivity contribution in [1.29, 1.82) is 0 Å². The van der Waals surface area contributed by atoms with Crippen LogP contribution in [0.15, 0.2) is 16.8 Å². The van der Waals surface area contributed by atoms with Gasteiger partial charge in [-0.25, -0.2) is 0 Å². The van der Waals surface area contributed by atoms with E-state index >= 15 is 0 Å². The van der Waals surface area contributed by atoms with Crippen molar-refractivity contribution >= 4 is 11.3 Å². The van der Waals surface area contributed by atoms with Crippen LogP contribution in [0.25, 0.3) is 0 Å². The summed E-state index contributed by atoms with van der Waals surface area (Å²) in [6, 6.07) is 2.26. The summed E-state index contributed by atoms with van der Waals surface area (Å²) in [5.74, 6) is 0. The van der Waals surface area contributed by atoms with E-state index < -0.39 is 12.8 Å². The zero-order chi connectivity index (χ0) is 13.4. The summed E-state index contributed by atoms with van der Waals surface area (Å²) < 4.78 is 40.2. The number of hydrogen-bond acceptors (Lipinski definition) is 3. The molecule has 1 unspecified atom stereocenters. The van der Waals surface area contributed by atoms with Crippen LogP contribution in [0.5, 0.6) is 0 Å². The van der Waals surface area contributed by atoms with Gasteiger partial charge in [-0.05, 0) is 48.7 Å². The van der Waals surface area contributed by atoms with Crippen molar-refractivity contribution < 1.29 is 17.9 Å². The van der Waals surface area contributed by atoms with E-state index in [4.69, 9.17) is 0 Å². The molecule has 0 bridgehead atoms. The van der Waals surface area contributed by atoms with E-state index in [1.807, 2.05) is 12.4 Å². The molecule has 0 aliphatic carbocycles. The third-order valence-corrected chi connectivity index (χ3v) is 3.38. The molecule has 0 spiro atoms. The number of rotatable bonds is 8. The van der Waals surface area contributed by atoms with Gasteiger partial charge < -0.3 is 10.1 Å². The van der Waals surface area contributed by atoms with Gasteiger partial charge in [0, 0.05) is 12.6 Å². The molecular formula is C12H18F3NOS. The largest absolute Gasteiger partial charge is 0.411 e. The Kier molecular flexibility index (Phi) is 6.67. The zero-order valence-corrected chi connectivity index (χ0v) is 11.1. The molecule has 104 valence electrons. The van der Waals surface area contributed by atoms with Crippen LogP contribution < -0.4 is 5.32 Å². The van der Waals surface area contributed by atoms with E-state index in [1.54, 1.807) is 11.3 Å². The number of alkyl halides is 3. The highest BCUT2D eigenvalue weighted by atomic mass is 32.1. The second kappa shape index (κ2) is 7.76. The lowest BCUT2D eigenvalue weighted by Gasteiger charge is -2.16. The van der Waals surface area contributed by atoms with Crippen molar-refractivity contribution in [2.75, 3.05) is 20.3 Å². The van der Waals surface area contributed by atoms with Crippen LogP contribution in [-0.2, 0) is 11.2 Å². The van der Waals surface area contributed by atoms with Crippen molar-refractivity contribution in [3.63, 3.8) is 0 Å². The van der Waals surface area contributed by atoms with E-state index in [2.05, 4.69) is 21.5 Å². The Morgan fingerprint density at radius 2 is 2.17 bits per heavy atom. The van der Waals surface area contributed by atoms with E-state index in [0.29, 0.717) is 6.42 Å². The molecule has 0 amide bonds. The smallest absolute Gasteiger partial charge is 0.372 e. The monoisotopic (exact) mass is 281 g/mol. The molecule has 18 heavy (non-hydrogen) atoms. The number of aryl methyl sites for hydroxylation is 1. The highest BCUT2D eigenvalue weighted by Crippen LogP contribution is 2.15. The van der Waals surface area contributed by atoms with Crippen LogP contribution in [0.3, 0.4) is 0 Å². The summed E-state index contributed by atoms with van der Waals surface area (Å²) in [6.45, 7) is -1.03. The zero-order valence-electron chi connectivity index (χ0n) is 10.3. The van der Waals surface area contributed by atoms with E-state index in [1.165, 1.54) is 5.56 Å². The van der Waals surface area contributed by atoms with Crippen LogP contribution >= 0.6 is 11.3 Å². The van der Waals surface area contributed by atoms with Gasteiger partial charge in [0.15, 0.2) is 0 Å². The van der Waals surface area contributed by atoms with Crippen LogP contribution in [0.2, 0.25) is 0 Å². The van der Waals surface area contributed by atoms with E-state index in [0.717, 1.165) is 12.8 Å². The van der Waals surface area contributed by atoms with Crippen LogP contribution in [0.4, 0.5) is 13.2 Å². The first-order valence-corrected chi connectivity index (χ1v) is 6.78. The highest BCUT2D eigenvalue weighted by molar-refractivity contribution is 7.07. The fourth-order valence-corrected chi connectivity index (χ4v) is 2.33. The summed E-state index contributed by atoms with van der Waals surface area (Å²) in [5, 5.41) is 7.22. The Morgan fingerprint density at radius 3 is 2.72 bits per heavy atom. The maximum Gasteiger partial charge on any atom is 0.411 e. The Hall–Kier alpha value is -0.590. The maximum atomic E-state index is 11.9. The molecule has 1 atom stereocenters. The fourth-order valence-electron chi connectivity index (χ4n) is 1.62. The van der Waals surface area contributed by atoms with E-state index in [-0.39, 0.29) is 12.6 Å². The van der Waals surface area contributed by atoms with Gasteiger partial charge in [-0.15, -0.1) is 0 Å². The topological polar surface area (TPSA) is 21.3 Å². The summed E-state index contributed by atoms with van der Waals surface area (Å²) in [7, 11) is 1.82. The van der Waals surface area contributed by atoms with Gasteiger partial charge in [0.1, 0.15) is 6.61 Å². The van der Waals surface area contributed by atoms with Crippen LogP contribution in [-0.4, -0.2) is 32.5 Å². The number of hydrogen-bond donors (Lipinski definition) is 1. The number of ether oxygens (including phenoxy) is 1. The SMILES string of the molecule is CNC(CCOCC(F)(F)F)CCc1ccsc1. The van der Waals surface area contributed by atoms with Crippen molar-refractivity contribution in [2.24, 2.45) is 0 Å². The quantitative estimate of drug-likeness (QED) is 0.739. The van der Waals surface area contributed by atoms with Gasteiger partial charge in [0.05, 0.1) is 0 Å². The number of nitrogens with one attached hydrogen (secondary N) is 1. The summed E-state index contributed by atoms with van der Waals surface area (Å²) in [4.78, 5) is 0. The predicted molar refractivity (Wildman–Crippen MR) is 67.0 cm³/mol. The van der Waals surface area contributed by atoms with Gasteiger partial charge in [-0.1, -0.05) is 0 Å². The third-order valence-electron chi connectivity index (χ3n) is 2.65. The van der Waals surface area contributed by atoms with Crippen LogP contribution in [0, 0.1) is 0 Å². The van der Waals surface area contributed by atoms with Gasteiger partial charge in [-0.3, -0.25) is 0 Å². The van der Waals surface area contributed by atoms with Gasteiger partial charge in [0.2, 0.25) is 0 Å². The molecule has 0 fully saturated rings. The number of halogens is 3. The molecule has 0 aromatic carbocycles. The van der Waals surface area contributed by atoms with Crippen LogP contribution in [0.1, 0.15) is 18.4 Å². The summed E-state index contributed by atoms with van der Waals surface area (Å²) in [5.41, 5.74) is 1.27. The first-order valence-electron chi connectivity index (χ1n) is 5.84. The first-order chi connectivity index (χ1) is 8.51. The molecule has 0 saturated heterocycles. The minimum atomic E-state index is -4.23. The molecule has 1 N–H and O–H groups in total. The van der Waals surface area contributed by atoms with Crippen molar-refractivity contribution in [1.82, 2.24) is 5.32 Å². The number of thiophene rings is 1. The molecule has 1 aromatic heterocycles. The Balaban J connectivity index is 2.13. The Labute approximate surface area is 109 Å². The van der Waals surface area contributed by atoms with Gasteiger partial charge in [0.25, 0.3) is 0 Å². The average Bonchev–Trinajstić information content (AvgIpc) is 2.79. The molecule has 1 aromatic rings. The van der Waals surface area contributed by atoms with Crippen molar-refractivity contribution in [3.05, 3.63) is 22.4 Å². The summed E-state index contributed by atoms with van der Waals surface area (Å²) >= 11 is 1.65. The van der Waals surface area contributed by atoms with Gasteiger partial charge in [-0.2, -0.15) is 24.5 Å². The first kappa shape index (κ1) is 15.5. The maximum absolute atomic E-state index is 11.9. The molecule has 0 aliphatic rings. The molecule has 6 heteroatoms. The highest BCUT2D eigenvalue weighted by Gasteiger charge is 2.27. The van der Waals surface area contributed by atoms with Crippen molar-refractivity contribution in [2.45, 2.75) is 31.5 Å². The lowest BCUT2D eigenvalue weighted by atomic mass is 10.1. The molecule has 1 rings (SSSR count). The summed E-state index contributed by atoms with van der Waals surface area (Å²) in [6.07, 6.45) is -1.79. The normalized spacial score (nSPS) is 13.8. The molecule has 2 nitrogen and oxygen atoms in total. The minimum absolute atomic E-state index is 0.134. The van der Waals surface area contributed by atoms with Crippen molar-refractivity contribution in [3.8, 4) is 0 Å². The molecule has 0 radical (unpaired) electrons. The fraction of sp³-hybridized carbons (Fsp3) is 0.667. The molecule has 0 aliphatic heterocycles. The predicted octanol–water partition coefficient (Wildman–Crippen LogP) is 3.24. The Morgan fingerprint density at radius 1 is 1.39 bits per heavy atom. The lowest BCUT2D eigenvalue weighted by Crippen LogP contribution is -2.28. The minimum Gasteiger partial charge on any atom is -0.372 e. The molecule has 0 saturated carbocycles. The third kappa shape index (κ3) is 6.98. The average molecular weight is 281 g/mol. The lowest BCUT2D eigenvalue weighted by molar-refractivity contribution is -0.174. The molecule has 1 heterocycles.